The van der Waals surface area contributed by atoms with Crippen molar-refractivity contribution in [2.24, 2.45) is 0 Å². The summed E-state index contributed by atoms with van der Waals surface area (Å²) < 4.78 is 0. The van der Waals surface area contributed by atoms with E-state index in [4.69, 9.17) is 0 Å². The third kappa shape index (κ3) is 3.14. The Morgan fingerprint density at radius 3 is 2.61 bits per heavy atom. The molecule has 2 unspecified atom stereocenters. The minimum atomic E-state index is 0.182. The lowest BCUT2D eigenvalue weighted by Gasteiger charge is -2.38. The minimum absolute atomic E-state index is 0.182. The summed E-state index contributed by atoms with van der Waals surface area (Å²) in [6.07, 6.45) is 9.73. The summed E-state index contributed by atoms with van der Waals surface area (Å²) in [6, 6.07) is 9.21. The molecule has 2 aromatic heterocycles. The van der Waals surface area contributed by atoms with Crippen LogP contribution in [0.5, 0.6) is 0 Å². The van der Waals surface area contributed by atoms with Gasteiger partial charge in [0.1, 0.15) is 0 Å². The van der Waals surface area contributed by atoms with Crippen LogP contribution >= 0.6 is 0 Å². The molecule has 2 aliphatic rings. The highest BCUT2D eigenvalue weighted by atomic mass is 16.2. The van der Waals surface area contributed by atoms with Crippen molar-refractivity contribution in [1.82, 2.24) is 24.8 Å². The van der Waals surface area contributed by atoms with Gasteiger partial charge in [-0.05, 0) is 37.4 Å². The number of hydrogen-bond donors (Lipinski definition) is 0. The van der Waals surface area contributed by atoms with Crippen molar-refractivity contribution in [3.05, 3.63) is 54.7 Å². The quantitative estimate of drug-likeness (QED) is 0.706. The number of hydrogen-bond acceptors (Lipinski definition) is 5. The molecule has 0 saturated carbocycles. The van der Waals surface area contributed by atoms with E-state index in [9.17, 15) is 4.79 Å². The first-order valence-electron chi connectivity index (χ1n) is 9.82. The monoisotopic (exact) mass is 373 g/mol. The number of rotatable bonds is 3. The SMILES string of the molecule is CN1C2CCC1CN(C(=O)Cc1cc3cc(-c4cnccn4)ccc3cn1)C2. The Balaban J connectivity index is 1.36. The van der Waals surface area contributed by atoms with E-state index in [-0.39, 0.29) is 5.91 Å². The number of benzene rings is 1. The molecular weight excluding hydrogens is 350 g/mol. The molecule has 2 atom stereocenters. The molecule has 1 aromatic carbocycles. The lowest BCUT2D eigenvalue weighted by Crippen LogP contribution is -2.54. The average molecular weight is 373 g/mol. The van der Waals surface area contributed by atoms with E-state index in [0.717, 1.165) is 40.8 Å². The second-order valence-corrected chi connectivity index (χ2v) is 7.85. The lowest BCUT2D eigenvalue weighted by atomic mass is 10.1. The van der Waals surface area contributed by atoms with Crippen LogP contribution in [0.3, 0.4) is 0 Å². The molecule has 3 aromatic rings. The smallest absolute Gasteiger partial charge is 0.228 e. The van der Waals surface area contributed by atoms with Crippen molar-refractivity contribution in [3.8, 4) is 11.3 Å². The van der Waals surface area contributed by atoms with Gasteiger partial charge >= 0.3 is 0 Å². The van der Waals surface area contributed by atoms with Crippen LogP contribution in [0.15, 0.2) is 49.1 Å². The maximum Gasteiger partial charge on any atom is 0.228 e. The van der Waals surface area contributed by atoms with Crippen molar-refractivity contribution in [3.63, 3.8) is 0 Å². The van der Waals surface area contributed by atoms with Crippen LogP contribution < -0.4 is 0 Å². The van der Waals surface area contributed by atoms with Gasteiger partial charge in [-0.3, -0.25) is 24.6 Å². The predicted octanol–water partition coefficient (Wildman–Crippen LogP) is 2.54. The first kappa shape index (κ1) is 17.3. The molecule has 142 valence electrons. The van der Waals surface area contributed by atoms with E-state index in [1.54, 1.807) is 18.6 Å². The van der Waals surface area contributed by atoms with E-state index in [2.05, 4.69) is 33.0 Å². The van der Waals surface area contributed by atoms with Crippen LogP contribution in [0.25, 0.3) is 22.0 Å². The molecule has 2 fully saturated rings. The molecule has 0 aliphatic carbocycles. The molecule has 2 aliphatic heterocycles. The van der Waals surface area contributed by atoms with Crippen LogP contribution in [0.4, 0.5) is 0 Å². The van der Waals surface area contributed by atoms with Gasteiger partial charge in [-0.1, -0.05) is 12.1 Å². The van der Waals surface area contributed by atoms with E-state index < -0.39 is 0 Å². The molecule has 2 saturated heterocycles. The Morgan fingerprint density at radius 2 is 1.86 bits per heavy atom. The standard InChI is InChI=1S/C22H23N5O/c1-26-19-4-5-20(26)14-27(13-19)22(28)10-18-9-17-8-15(2-3-16(17)11-25-18)21-12-23-6-7-24-21/h2-3,6-9,11-12,19-20H,4-5,10,13-14H2,1H3. The Kier molecular flexibility index (Phi) is 4.28. The first-order valence-corrected chi connectivity index (χ1v) is 9.82. The summed E-state index contributed by atoms with van der Waals surface area (Å²) in [5.41, 5.74) is 2.67. The summed E-state index contributed by atoms with van der Waals surface area (Å²) in [7, 11) is 2.18. The Bertz CT molecular complexity index is 1010. The van der Waals surface area contributed by atoms with Gasteiger partial charge in [0.25, 0.3) is 0 Å². The van der Waals surface area contributed by atoms with Gasteiger partial charge < -0.3 is 4.90 Å². The molecule has 0 radical (unpaired) electrons. The average Bonchev–Trinajstić information content (AvgIpc) is 2.93. The van der Waals surface area contributed by atoms with E-state index in [0.29, 0.717) is 18.5 Å². The number of piperazine rings is 1. The van der Waals surface area contributed by atoms with Gasteiger partial charge in [-0.15, -0.1) is 0 Å². The van der Waals surface area contributed by atoms with Gasteiger partial charge in [0.05, 0.1) is 24.0 Å². The van der Waals surface area contributed by atoms with Crippen LogP contribution in [-0.4, -0.2) is 62.9 Å². The topological polar surface area (TPSA) is 62.2 Å². The summed E-state index contributed by atoms with van der Waals surface area (Å²) in [5, 5.41) is 2.13. The van der Waals surface area contributed by atoms with Crippen molar-refractivity contribution in [2.75, 3.05) is 20.1 Å². The fraction of sp³-hybridized carbons (Fsp3) is 0.364. The van der Waals surface area contributed by atoms with Gasteiger partial charge in [-0.25, -0.2) is 0 Å². The van der Waals surface area contributed by atoms with Gasteiger partial charge in [-0.2, -0.15) is 0 Å². The molecular formula is C22H23N5O. The normalized spacial score (nSPS) is 22.0. The molecule has 4 heterocycles. The lowest BCUT2D eigenvalue weighted by molar-refractivity contribution is -0.133. The summed E-state index contributed by atoms with van der Waals surface area (Å²) in [5.74, 6) is 0.182. The Hall–Kier alpha value is -2.86. The fourth-order valence-corrected chi connectivity index (χ4v) is 4.47. The number of nitrogens with zero attached hydrogens (tertiary/aromatic N) is 5. The second-order valence-electron chi connectivity index (χ2n) is 7.85. The number of aromatic nitrogens is 3. The van der Waals surface area contributed by atoms with Gasteiger partial charge in [0, 0.05) is 54.7 Å². The largest absolute Gasteiger partial charge is 0.339 e. The zero-order valence-electron chi connectivity index (χ0n) is 16.0. The second kappa shape index (κ2) is 6.95. The Morgan fingerprint density at radius 1 is 1.04 bits per heavy atom. The molecule has 2 bridgehead atoms. The number of likely N-dealkylation sites (tertiary alicyclic amines) is 1. The van der Waals surface area contributed by atoms with Crippen molar-refractivity contribution < 1.29 is 4.79 Å². The van der Waals surface area contributed by atoms with Crippen molar-refractivity contribution >= 4 is 16.7 Å². The van der Waals surface area contributed by atoms with E-state index >= 15 is 0 Å². The zero-order chi connectivity index (χ0) is 19.1. The predicted molar refractivity (Wildman–Crippen MR) is 108 cm³/mol. The molecule has 6 heteroatoms. The molecule has 6 nitrogen and oxygen atoms in total. The number of carbonyl (C=O) groups excluding carboxylic acids is 1. The summed E-state index contributed by atoms with van der Waals surface area (Å²) in [6.45, 7) is 1.69. The van der Waals surface area contributed by atoms with Crippen LogP contribution in [0, 0.1) is 0 Å². The van der Waals surface area contributed by atoms with Crippen LogP contribution in [-0.2, 0) is 11.2 Å². The molecule has 0 N–H and O–H groups in total. The molecule has 28 heavy (non-hydrogen) atoms. The number of fused-ring (bicyclic) bond motifs is 3. The number of amides is 1. The number of pyridine rings is 1. The Labute approximate surface area is 164 Å². The zero-order valence-corrected chi connectivity index (χ0v) is 16.0. The molecule has 1 amide bonds. The van der Waals surface area contributed by atoms with Crippen molar-refractivity contribution in [2.45, 2.75) is 31.3 Å². The third-order valence-corrected chi connectivity index (χ3v) is 6.17. The van der Waals surface area contributed by atoms with Crippen LogP contribution in [0.2, 0.25) is 0 Å². The van der Waals surface area contributed by atoms with E-state index in [1.165, 1.54) is 12.8 Å². The number of likely N-dealkylation sites (N-methyl/N-ethyl adjacent to an activating group) is 1. The highest BCUT2D eigenvalue weighted by molar-refractivity contribution is 5.87. The summed E-state index contributed by atoms with van der Waals surface area (Å²) >= 11 is 0. The minimum Gasteiger partial charge on any atom is -0.339 e. The highest BCUT2D eigenvalue weighted by Crippen LogP contribution is 2.29. The van der Waals surface area contributed by atoms with Crippen LogP contribution in [0.1, 0.15) is 18.5 Å². The maximum atomic E-state index is 12.9. The molecule has 0 spiro atoms. The summed E-state index contributed by atoms with van der Waals surface area (Å²) in [4.78, 5) is 30.4. The van der Waals surface area contributed by atoms with E-state index in [1.807, 2.05) is 29.3 Å². The fourth-order valence-electron chi connectivity index (χ4n) is 4.47. The third-order valence-electron chi connectivity index (χ3n) is 6.17. The number of carbonyl (C=O) groups is 1. The van der Waals surface area contributed by atoms with Gasteiger partial charge in [0.15, 0.2) is 0 Å². The molecule has 5 rings (SSSR count). The maximum absolute atomic E-state index is 12.9. The van der Waals surface area contributed by atoms with Crippen molar-refractivity contribution in [1.29, 1.82) is 0 Å². The first-order chi connectivity index (χ1) is 13.7. The van der Waals surface area contributed by atoms with Gasteiger partial charge in [0.2, 0.25) is 5.91 Å². The highest BCUT2D eigenvalue weighted by Gasteiger charge is 2.38.